The molecule has 0 saturated carbocycles. The van der Waals surface area contributed by atoms with Gasteiger partial charge in [0.25, 0.3) is 5.56 Å². The summed E-state index contributed by atoms with van der Waals surface area (Å²) in [4.78, 5) is 36.2. The first-order valence-electron chi connectivity index (χ1n) is 3.57. The van der Waals surface area contributed by atoms with Gasteiger partial charge in [-0.25, -0.2) is 4.79 Å². The molecule has 0 aromatic carbocycles. The number of H-pyrrole nitrogens is 2. The van der Waals surface area contributed by atoms with E-state index in [0.717, 1.165) is 6.07 Å². The summed E-state index contributed by atoms with van der Waals surface area (Å²) in [6.45, 7) is 1.38. The van der Waals surface area contributed by atoms with Crippen LogP contribution in [0.15, 0.2) is 15.7 Å². The minimum Gasteiger partial charge on any atom is -0.481 e. The van der Waals surface area contributed by atoms with E-state index in [4.69, 9.17) is 5.11 Å². The summed E-state index contributed by atoms with van der Waals surface area (Å²) in [7, 11) is 0. The highest BCUT2D eigenvalue weighted by Crippen LogP contribution is 2.07. The second-order valence-corrected chi connectivity index (χ2v) is 2.60. The van der Waals surface area contributed by atoms with Gasteiger partial charge >= 0.3 is 11.7 Å². The standard InChI is InChI=1S/C7H8N2O4/c1-3(6(11)12)4-2-5(10)9-7(13)8-4/h2-3H,1H3,(H,11,12)(H2,8,9,10,13). The van der Waals surface area contributed by atoms with E-state index in [1.165, 1.54) is 6.92 Å². The van der Waals surface area contributed by atoms with Gasteiger partial charge in [-0.3, -0.25) is 14.6 Å². The van der Waals surface area contributed by atoms with Gasteiger partial charge in [0.1, 0.15) is 0 Å². The van der Waals surface area contributed by atoms with Crippen LogP contribution < -0.4 is 11.2 Å². The number of hydrogen-bond donors (Lipinski definition) is 3. The Kier molecular flexibility index (Phi) is 2.32. The molecule has 1 heterocycles. The van der Waals surface area contributed by atoms with Crippen LogP contribution >= 0.6 is 0 Å². The highest BCUT2D eigenvalue weighted by molar-refractivity contribution is 5.74. The van der Waals surface area contributed by atoms with E-state index >= 15 is 0 Å². The topological polar surface area (TPSA) is 103 Å². The number of hydrogen-bond acceptors (Lipinski definition) is 3. The normalized spacial score (nSPS) is 12.4. The highest BCUT2D eigenvalue weighted by Gasteiger charge is 2.14. The number of rotatable bonds is 2. The molecule has 1 aromatic rings. The van der Waals surface area contributed by atoms with Crippen LogP contribution in [0.25, 0.3) is 0 Å². The summed E-state index contributed by atoms with van der Waals surface area (Å²) in [5, 5.41) is 8.58. The molecule has 0 aliphatic heterocycles. The molecule has 0 bridgehead atoms. The molecule has 6 nitrogen and oxygen atoms in total. The van der Waals surface area contributed by atoms with Crippen molar-refractivity contribution in [1.29, 1.82) is 0 Å². The Labute approximate surface area is 72.2 Å². The minimum absolute atomic E-state index is 0.0984. The van der Waals surface area contributed by atoms with Crippen LogP contribution in [0.3, 0.4) is 0 Å². The Morgan fingerprint density at radius 3 is 2.54 bits per heavy atom. The van der Waals surface area contributed by atoms with E-state index in [2.05, 4.69) is 4.98 Å². The number of aromatic nitrogens is 2. The molecule has 0 radical (unpaired) electrons. The summed E-state index contributed by atoms with van der Waals surface area (Å²) in [6, 6.07) is 1.06. The summed E-state index contributed by atoms with van der Waals surface area (Å²) >= 11 is 0. The van der Waals surface area contributed by atoms with Crippen molar-refractivity contribution in [2.45, 2.75) is 12.8 Å². The molecule has 1 rings (SSSR count). The molecule has 1 unspecified atom stereocenters. The van der Waals surface area contributed by atoms with E-state index in [-0.39, 0.29) is 5.69 Å². The number of nitrogens with one attached hydrogen (secondary N) is 2. The molecule has 6 heteroatoms. The van der Waals surface area contributed by atoms with Crippen molar-refractivity contribution in [2.24, 2.45) is 0 Å². The Hall–Kier alpha value is -1.85. The summed E-state index contributed by atoms with van der Waals surface area (Å²) < 4.78 is 0. The van der Waals surface area contributed by atoms with Gasteiger partial charge in [0.2, 0.25) is 0 Å². The molecule has 1 aromatic heterocycles. The maximum Gasteiger partial charge on any atom is 0.325 e. The number of aromatic amines is 2. The van der Waals surface area contributed by atoms with Gasteiger partial charge in [-0.15, -0.1) is 0 Å². The lowest BCUT2D eigenvalue weighted by molar-refractivity contribution is -0.138. The molecule has 0 spiro atoms. The molecule has 0 aliphatic carbocycles. The van der Waals surface area contributed by atoms with Gasteiger partial charge in [0, 0.05) is 11.8 Å². The molecule has 0 fully saturated rings. The maximum atomic E-state index is 10.8. The molecule has 0 amide bonds. The molecular formula is C7H8N2O4. The van der Waals surface area contributed by atoms with Gasteiger partial charge < -0.3 is 10.1 Å². The second-order valence-electron chi connectivity index (χ2n) is 2.60. The van der Waals surface area contributed by atoms with Gasteiger partial charge in [-0.1, -0.05) is 0 Å². The van der Waals surface area contributed by atoms with Gasteiger partial charge in [0.15, 0.2) is 0 Å². The van der Waals surface area contributed by atoms with Crippen molar-refractivity contribution in [1.82, 2.24) is 9.97 Å². The smallest absolute Gasteiger partial charge is 0.325 e. The third kappa shape index (κ3) is 2.05. The van der Waals surface area contributed by atoms with E-state index in [1.807, 2.05) is 4.98 Å². The van der Waals surface area contributed by atoms with Gasteiger partial charge in [-0.2, -0.15) is 0 Å². The van der Waals surface area contributed by atoms with E-state index in [9.17, 15) is 14.4 Å². The van der Waals surface area contributed by atoms with Crippen LogP contribution in [0.5, 0.6) is 0 Å². The molecule has 0 saturated heterocycles. The lowest BCUT2D eigenvalue weighted by Crippen LogP contribution is -2.25. The van der Waals surface area contributed by atoms with Crippen molar-refractivity contribution >= 4 is 5.97 Å². The zero-order valence-electron chi connectivity index (χ0n) is 6.83. The number of carboxylic acid groups (broad SMARTS) is 1. The molecule has 0 aliphatic rings. The Morgan fingerprint density at radius 1 is 1.46 bits per heavy atom. The number of aliphatic carboxylic acids is 1. The first-order chi connectivity index (χ1) is 6.00. The average molecular weight is 184 g/mol. The van der Waals surface area contributed by atoms with Crippen LogP contribution in [-0.2, 0) is 4.79 Å². The third-order valence-electron chi connectivity index (χ3n) is 1.62. The quantitative estimate of drug-likeness (QED) is 0.562. The van der Waals surface area contributed by atoms with Crippen molar-refractivity contribution in [3.05, 3.63) is 32.6 Å². The lowest BCUT2D eigenvalue weighted by atomic mass is 10.1. The third-order valence-corrected chi connectivity index (χ3v) is 1.62. The van der Waals surface area contributed by atoms with Crippen molar-refractivity contribution in [2.75, 3.05) is 0 Å². The minimum atomic E-state index is -1.10. The van der Waals surface area contributed by atoms with Crippen LogP contribution in [0.4, 0.5) is 0 Å². The average Bonchev–Trinajstić information content (AvgIpc) is 2.01. The second kappa shape index (κ2) is 3.26. The fourth-order valence-corrected chi connectivity index (χ4v) is 0.854. The van der Waals surface area contributed by atoms with E-state index < -0.39 is 23.1 Å². The van der Waals surface area contributed by atoms with Crippen molar-refractivity contribution < 1.29 is 9.90 Å². The summed E-state index contributed by atoms with van der Waals surface area (Å²) in [5.74, 6) is -1.99. The Morgan fingerprint density at radius 2 is 2.08 bits per heavy atom. The first kappa shape index (κ1) is 9.24. The Bertz CT molecular complexity index is 402. The Balaban J connectivity index is 3.23. The fourth-order valence-electron chi connectivity index (χ4n) is 0.854. The largest absolute Gasteiger partial charge is 0.481 e. The van der Waals surface area contributed by atoms with Crippen molar-refractivity contribution in [3.63, 3.8) is 0 Å². The lowest BCUT2D eigenvalue weighted by Gasteiger charge is -2.03. The summed E-state index contributed by atoms with van der Waals surface area (Å²) in [6.07, 6.45) is 0. The zero-order chi connectivity index (χ0) is 10.0. The van der Waals surface area contributed by atoms with Crippen LogP contribution in [0, 0.1) is 0 Å². The number of carboxylic acids is 1. The molecule has 3 N–H and O–H groups in total. The van der Waals surface area contributed by atoms with Crippen LogP contribution in [0.2, 0.25) is 0 Å². The van der Waals surface area contributed by atoms with Crippen LogP contribution in [0.1, 0.15) is 18.5 Å². The zero-order valence-corrected chi connectivity index (χ0v) is 6.83. The molecule has 70 valence electrons. The molecule has 13 heavy (non-hydrogen) atoms. The molecule has 1 atom stereocenters. The van der Waals surface area contributed by atoms with Crippen molar-refractivity contribution in [3.8, 4) is 0 Å². The SMILES string of the molecule is CC(C(=O)O)c1cc(=O)[nH]c(=O)[nH]1. The highest BCUT2D eigenvalue weighted by atomic mass is 16.4. The first-order valence-corrected chi connectivity index (χ1v) is 3.57. The fraction of sp³-hybridized carbons (Fsp3) is 0.286. The van der Waals surface area contributed by atoms with Crippen LogP contribution in [-0.4, -0.2) is 21.0 Å². The van der Waals surface area contributed by atoms with Gasteiger partial charge in [0.05, 0.1) is 5.92 Å². The van der Waals surface area contributed by atoms with E-state index in [1.54, 1.807) is 0 Å². The monoisotopic (exact) mass is 184 g/mol. The van der Waals surface area contributed by atoms with E-state index in [0.29, 0.717) is 0 Å². The van der Waals surface area contributed by atoms with Gasteiger partial charge in [-0.05, 0) is 6.92 Å². The predicted octanol–water partition coefficient (Wildman–Crippen LogP) is -0.749. The number of carbonyl (C=O) groups is 1. The summed E-state index contributed by atoms with van der Waals surface area (Å²) in [5.41, 5.74) is -1.20. The predicted molar refractivity (Wildman–Crippen MR) is 43.7 cm³/mol. The molecular weight excluding hydrogens is 176 g/mol. The maximum absolute atomic E-state index is 10.8.